The monoisotopic (exact) mass is 404 g/mol. The standard InChI is InChI=1S/C21H36N6S/c1-4-9-22-21(28)25-20-23-18(26-10-7-5-6-8-11-26)13-19(24-20)27-14-16(2)12-17(3)15-27/h13,16-17H,4-12,14-15H2,1-3H3,(H2,22,23,24,25,28)/t16-,17-/m0/s1. The molecule has 2 aliphatic rings. The van der Waals surface area contributed by atoms with Crippen molar-refractivity contribution in [1.82, 2.24) is 15.3 Å². The Morgan fingerprint density at radius 3 is 2.25 bits per heavy atom. The molecule has 0 bridgehead atoms. The second kappa shape index (κ2) is 10.2. The van der Waals surface area contributed by atoms with Crippen LogP contribution in [0.15, 0.2) is 6.07 Å². The lowest BCUT2D eigenvalue weighted by Crippen LogP contribution is -2.39. The molecule has 3 rings (SSSR count). The average molecular weight is 405 g/mol. The molecule has 1 aromatic rings. The van der Waals surface area contributed by atoms with Gasteiger partial charge in [0, 0.05) is 38.8 Å². The predicted octanol–water partition coefficient (Wildman–Crippen LogP) is 4.04. The molecule has 0 radical (unpaired) electrons. The Kier molecular flexibility index (Phi) is 7.71. The van der Waals surface area contributed by atoms with Crippen LogP contribution in [0.4, 0.5) is 17.6 Å². The van der Waals surface area contributed by atoms with Crippen molar-refractivity contribution in [3.63, 3.8) is 0 Å². The number of nitrogens with one attached hydrogen (secondary N) is 2. The number of rotatable bonds is 5. The topological polar surface area (TPSA) is 56.3 Å². The summed E-state index contributed by atoms with van der Waals surface area (Å²) in [7, 11) is 0. The summed E-state index contributed by atoms with van der Waals surface area (Å²) in [6.45, 7) is 11.9. The molecule has 7 heteroatoms. The zero-order valence-corrected chi connectivity index (χ0v) is 18.5. The lowest BCUT2D eigenvalue weighted by atomic mass is 9.92. The Balaban J connectivity index is 1.85. The van der Waals surface area contributed by atoms with Crippen LogP contribution >= 0.6 is 12.2 Å². The second-order valence-electron chi connectivity index (χ2n) is 8.54. The third kappa shape index (κ3) is 5.93. The molecule has 2 aliphatic heterocycles. The highest BCUT2D eigenvalue weighted by Gasteiger charge is 2.24. The molecule has 0 aromatic carbocycles. The quantitative estimate of drug-likeness (QED) is 0.718. The van der Waals surface area contributed by atoms with Gasteiger partial charge in [-0.15, -0.1) is 0 Å². The van der Waals surface area contributed by atoms with Crippen molar-refractivity contribution in [3.8, 4) is 0 Å². The van der Waals surface area contributed by atoms with Crippen LogP contribution in [-0.2, 0) is 0 Å². The van der Waals surface area contributed by atoms with E-state index >= 15 is 0 Å². The fraction of sp³-hybridized carbons (Fsp3) is 0.762. The normalized spacial score (nSPS) is 23.2. The summed E-state index contributed by atoms with van der Waals surface area (Å²) in [6.07, 6.45) is 7.41. The third-order valence-corrected chi connectivity index (χ3v) is 5.83. The summed E-state index contributed by atoms with van der Waals surface area (Å²) < 4.78 is 0. The van der Waals surface area contributed by atoms with E-state index in [-0.39, 0.29) is 0 Å². The van der Waals surface area contributed by atoms with Gasteiger partial charge in [-0.25, -0.2) is 0 Å². The number of hydrogen-bond acceptors (Lipinski definition) is 5. The summed E-state index contributed by atoms with van der Waals surface area (Å²) in [5.41, 5.74) is 0. The van der Waals surface area contributed by atoms with Gasteiger partial charge in [0.2, 0.25) is 5.95 Å². The molecule has 1 aromatic heterocycles. The molecule has 3 heterocycles. The first kappa shape index (κ1) is 21.1. The van der Waals surface area contributed by atoms with E-state index in [1.54, 1.807) is 0 Å². The molecular weight excluding hydrogens is 368 g/mol. The zero-order valence-electron chi connectivity index (χ0n) is 17.7. The summed E-state index contributed by atoms with van der Waals surface area (Å²) in [5.74, 6) is 4.02. The molecule has 2 fully saturated rings. The molecule has 156 valence electrons. The second-order valence-corrected chi connectivity index (χ2v) is 8.95. The molecule has 2 N–H and O–H groups in total. The molecule has 0 unspecified atom stereocenters. The summed E-state index contributed by atoms with van der Waals surface area (Å²) in [5, 5.41) is 7.03. The predicted molar refractivity (Wildman–Crippen MR) is 122 cm³/mol. The molecule has 0 amide bonds. The minimum Gasteiger partial charge on any atom is -0.362 e. The summed E-state index contributed by atoms with van der Waals surface area (Å²) in [6, 6.07) is 2.18. The van der Waals surface area contributed by atoms with Crippen molar-refractivity contribution in [1.29, 1.82) is 0 Å². The SMILES string of the molecule is CCCNC(=S)Nc1nc(N2CCCCCC2)cc(N2C[C@@H](C)C[C@H](C)C2)n1. The van der Waals surface area contributed by atoms with Crippen LogP contribution in [0.5, 0.6) is 0 Å². The number of nitrogens with zero attached hydrogens (tertiary/aromatic N) is 4. The van der Waals surface area contributed by atoms with Gasteiger partial charge >= 0.3 is 0 Å². The van der Waals surface area contributed by atoms with E-state index in [0.717, 1.165) is 50.8 Å². The van der Waals surface area contributed by atoms with Crippen LogP contribution in [0.2, 0.25) is 0 Å². The first-order valence-corrected chi connectivity index (χ1v) is 11.4. The maximum absolute atomic E-state index is 5.43. The van der Waals surface area contributed by atoms with Gasteiger partial charge in [-0.2, -0.15) is 9.97 Å². The van der Waals surface area contributed by atoms with Crippen molar-refractivity contribution >= 4 is 34.9 Å². The van der Waals surface area contributed by atoms with Crippen LogP contribution in [0.3, 0.4) is 0 Å². The van der Waals surface area contributed by atoms with Crippen LogP contribution < -0.4 is 20.4 Å². The lowest BCUT2D eigenvalue weighted by Gasteiger charge is -2.36. The maximum atomic E-state index is 5.43. The van der Waals surface area contributed by atoms with Crippen molar-refractivity contribution in [3.05, 3.63) is 6.07 Å². The smallest absolute Gasteiger partial charge is 0.232 e. The summed E-state index contributed by atoms with van der Waals surface area (Å²) in [4.78, 5) is 14.5. The Bertz CT molecular complexity index is 634. The van der Waals surface area contributed by atoms with Gasteiger partial charge in [-0.1, -0.05) is 33.6 Å². The van der Waals surface area contributed by atoms with Gasteiger partial charge in [-0.05, 0) is 49.7 Å². The zero-order chi connectivity index (χ0) is 19.9. The number of thiocarbonyl (C=S) groups is 1. The molecule has 2 saturated heterocycles. The molecule has 28 heavy (non-hydrogen) atoms. The van der Waals surface area contributed by atoms with Crippen LogP contribution in [-0.4, -0.2) is 47.8 Å². The minimum atomic E-state index is 0.598. The van der Waals surface area contributed by atoms with Gasteiger partial charge in [-0.3, -0.25) is 0 Å². The van der Waals surface area contributed by atoms with Crippen molar-refractivity contribution < 1.29 is 0 Å². The molecule has 0 aliphatic carbocycles. The highest BCUT2D eigenvalue weighted by Crippen LogP contribution is 2.29. The largest absolute Gasteiger partial charge is 0.362 e. The third-order valence-electron chi connectivity index (χ3n) is 5.58. The first-order chi connectivity index (χ1) is 13.5. The Morgan fingerprint density at radius 1 is 1.04 bits per heavy atom. The maximum Gasteiger partial charge on any atom is 0.232 e. The molecule has 6 nitrogen and oxygen atoms in total. The van der Waals surface area contributed by atoms with Crippen LogP contribution in [0.1, 0.15) is 59.3 Å². The van der Waals surface area contributed by atoms with Gasteiger partial charge in [0.25, 0.3) is 0 Å². The Labute approximate surface area is 175 Å². The number of piperidine rings is 1. The Hall–Kier alpha value is -1.63. The number of hydrogen-bond donors (Lipinski definition) is 2. The van der Waals surface area contributed by atoms with E-state index < -0.39 is 0 Å². The average Bonchev–Trinajstić information content (AvgIpc) is 2.95. The van der Waals surface area contributed by atoms with E-state index in [4.69, 9.17) is 22.2 Å². The van der Waals surface area contributed by atoms with Gasteiger partial charge < -0.3 is 20.4 Å². The van der Waals surface area contributed by atoms with Crippen molar-refractivity contribution in [2.75, 3.05) is 47.8 Å². The summed E-state index contributed by atoms with van der Waals surface area (Å²) >= 11 is 5.43. The van der Waals surface area contributed by atoms with Crippen molar-refractivity contribution in [2.24, 2.45) is 11.8 Å². The van der Waals surface area contributed by atoms with E-state index in [1.807, 2.05) is 0 Å². The van der Waals surface area contributed by atoms with Gasteiger partial charge in [0.15, 0.2) is 5.11 Å². The molecule has 0 spiro atoms. The Morgan fingerprint density at radius 2 is 1.64 bits per heavy atom. The molecular formula is C21H36N6S. The van der Waals surface area contributed by atoms with Crippen LogP contribution in [0, 0.1) is 11.8 Å². The highest BCUT2D eigenvalue weighted by molar-refractivity contribution is 7.80. The fourth-order valence-electron chi connectivity index (χ4n) is 4.34. The fourth-order valence-corrected chi connectivity index (χ4v) is 4.53. The van der Waals surface area contributed by atoms with Gasteiger partial charge in [0.05, 0.1) is 0 Å². The molecule has 2 atom stereocenters. The number of aromatic nitrogens is 2. The van der Waals surface area contributed by atoms with Crippen LogP contribution in [0.25, 0.3) is 0 Å². The lowest BCUT2D eigenvalue weighted by molar-refractivity contribution is 0.355. The minimum absolute atomic E-state index is 0.598. The van der Waals surface area contributed by atoms with Gasteiger partial charge in [0.1, 0.15) is 11.6 Å². The molecule has 0 saturated carbocycles. The highest BCUT2D eigenvalue weighted by atomic mass is 32.1. The van der Waals surface area contributed by atoms with E-state index in [1.165, 1.54) is 32.1 Å². The van der Waals surface area contributed by atoms with E-state index in [9.17, 15) is 0 Å². The first-order valence-electron chi connectivity index (χ1n) is 11.0. The van der Waals surface area contributed by atoms with E-state index in [0.29, 0.717) is 22.9 Å². The van der Waals surface area contributed by atoms with Crippen molar-refractivity contribution in [2.45, 2.75) is 59.3 Å². The van der Waals surface area contributed by atoms with E-state index in [2.05, 4.69) is 47.3 Å². The number of anilines is 3.